The molecule has 4 rings (SSSR count). The lowest BCUT2D eigenvalue weighted by molar-refractivity contribution is 0.153. The van der Waals surface area contributed by atoms with Crippen molar-refractivity contribution in [3.8, 4) is 22.7 Å². The van der Waals surface area contributed by atoms with Gasteiger partial charge >= 0.3 is 0 Å². The summed E-state index contributed by atoms with van der Waals surface area (Å²) in [5.74, 6) is -0.0155. The summed E-state index contributed by atoms with van der Waals surface area (Å²) in [4.78, 5) is 4.56. The summed E-state index contributed by atoms with van der Waals surface area (Å²) in [5, 5.41) is 4.51. The molecule has 4 nitrogen and oxygen atoms in total. The summed E-state index contributed by atoms with van der Waals surface area (Å²) in [6.45, 7) is 1.61. The molecule has 0 fully saturated rings. The molecule has 0 aliphatic carbocycles. The minimum absolute atomic E-state index is 0.144. The molecule has 2 heterocycles. The fourth-order valence-corrected chi connectivity index (χ4v) is 3.28. The third-order valence-electron chi connectivity index (χ3n) is 4.54. The molecule has 0 N–H and O–H groups in total. The molecule has 0 unspecified atom stereocenters. The molecule has 0 aliphatic rings. The van der Waals surface area contributed by atoms with E-state index >= 15 is 0 Å². The number of benzene rings is 2. The number of pyridine rings is 1. The Morgan fingerprint density at radius 2 is 1.75 bits per heavy atom. The number of nitrogens with zero attached hydrogens (tertiary/aromatic N) is 3. The summed E-state index contributed by atoms with van der Waals surface area (Å²) in [6, 6.07) is 14.4. The molecule has 0 atom stereocenters. The van der Waals surface area contributed by atoms with E-state index in [0.717, 1.165) is 0 Å². The number of hydrogen-bond acceptors (Lipinski definition) is 3. The van der Waals surface area contributed by atoms with Crippen molar-refractivity contribution in [2.45, 2.75) is 13.3 Å². The van der Waals surface area contributed by atoms with Gasteiger partial charge in [-0.15, -0.1) is 0 Å². The summed E-state index contributed by atoms with van der Waals surface area (Å²) >= 11 is 0. The zero-order valence-corrected chi connectivity index (χ0v) is 15.2. The van der Waals surface area contributed by atoms with Gasteiger partial charge in [0.1, 0.15) is 17.3 Å². The van der Waals surface area contributed by atoms with E-state index in [-0.39, 0.29) is 22.3 Å². The van der Waals surface area contributed by atoms with Crippen LogP contribution in [0.5, 0.6) is 5.75 Å². The van der Waals surface area contributed by atoms with E-state index in [1.165, 1.54) is 30.0 Å². The monoisotopic (exact) mass is 383 g/mol. The predicted octanol–water partition coefficient (Wildman–Crippen LogP) is 5.48. The second-order valence-electron chi connectivity index (χ2n) is 6.24. The molecule has 7 heteroatoms. The van der Waals surface area contributed by atoms with Crippen molar-refractivity contribution in [2.75, 3.05) is 7.11 Å². The molecule has 0 radical (unpaired) electrons. The highest BCUT2D eigenvalue weighted by atomic mass is 19.3. The third kappa shape index (κ3) is 2.89. The summed E-state index contributed by atoms with van der Waals surface area (Å²) in [7, 11) is 1.50. The van der Waals surface area contributed by atoms with Gasteiger partial charge in [0.15, 0.2) is 5.65 Å². The van der Waals surface area contributed by atoms with E-state index in [4.69, 9.17) is 4.74 Å². The molecule has 142 valence electrons. The lowest BCUT2D eigenvalue weighted by atomic mass is 10.0. The van der Waals surface area contributed by atoms with Gasteiger partial charge in [0.25, 0.3) is 6.43 Å². The Bertz CT molecular complexity index is 1170. The molecule has 0 saturated heterocycles. The fraction of sp³-hybridized carbons (Fsp3) is 0.143. The number of ether oxygens (including phenoxy) is 1. The average molecular weight is 383 g/mol. The second kappa shape index (κ2) is 6.99. The largest absolute Gasteiger partial charge is 0.496 e. The minimum Gasteiger partial charge on any atom is -0.496 e. The van der Waals surface area contributed by atoms with Crippen molar-refractivity contribution in [2.24, 2.45) is 0 Å². The van der Waals surface area contributed by atoms with Gasteiger partial charge < -0.3 is 4.74 Å². The fourth-order valence-electron chi connectivity index (χ4n) is 3.28. The van der Waals surface area contributed by atoms with E-state index in [0.29, 0.717) is 22.7 Å². The molecule has 0 saturated carbocycles. The molecule has 0 amide bonds. The quantitative estimate of drug-likeness (QED) is 0.468. The van der Waals surface area contributed by atoms with Crippen LogP contribution in [0.3, 0.4) is 0 Å². The van der Waals surface area contributed by atoms with Crippen molar-refractivity contribution in [3.63, 3.8) is 0 Å². The number of methoxy groups -OCH3 is 1. The van der Waals surface area contributed by atoms with E-state index in [1.807, 2.05) is 0 Å². The van der Waals surface area contributed by atoms with E-state index in [1.54, 1.807) is 43.3 Å². The molecule has 0 aliphatic heterocycles. The Morgan fingerprint density at radius 3 is 2.46 bits per heavy atom. The molecule has 0 spiro atoms. The first-order valence-electron chi connectivity index (χ1n) is 8.58. The van der Waals surface area contributed by atoms with Crippen molar-refractivity contribution in [3.05, 3.63) is 71.7 Å². The number of halogens is 3. The maximum Gasteiger partial charge on any atom is 0.264 e. The Morgan fingerprint density at radius 1 is 1.04 bits per heavy atom. The van der Waals surface area contributed by atoms with Crippen molar-refractivity contribution >= 4 is 11.0 Å². The van der Waals surface area contributed by atoms with E-state index < -0.39 is 12.2 Å². The average Bonchev–Trinajstić information content (AvgIpc) is 3.04. The Kier molecular flexibility index (Phi) is 4.50. The first-order valence-corrected chi connectivity index (χ1v) is 8.58. The number of hydrogen-bond donors (Lipinski definition) is 0. The third-order valence-corrected chi connectivity index (χ3v) is 4.54. The number of fused-ring (bicyclic) bond motifs is 1. The van der Waals surface area contributed by atoms with Gasteiger partial charge in [-0.1, -0.05) is 24.3 Å². The van der Waals surface area contributed by atoms with Gasteiger partial charge in [0.05, 0.1) is 23.9 Å². The van der Waals surface area contributed by atoms with Crippen LogP contribution in [-0.2, 0) is 0 Å². The van der Waals surface area contributed by atoms with Crippen LogP contribution in [0.15, 0.2) is 54.6 Å². The van der Waals surface area contributed by atoms with Crippen LogP contribution in [0.25, 0.3) is 28.0 Å². The van der Waals surface area contributed by atoms with Crippen LogP contribution in [0.4, 0.5) is 13.2 Å². The van der Waals surface area contributed by atoms with Crippen LogP contribution in [0.2, 0.25) is 0 Å². The van der Waals surface area contributed by atoms with Crippen LogP contribution in [-0.4, -0.2) is 21.9 Å². The molecular formula is C21H16F3N3O. The van der Waals surface area contributed by atoms with Gasteiger partial charge in [0, 0.05) is 11.1 Å². The first-order chi connectivity index (χ1) is 13.5. The molecule has 2 aromatic heterocycles. The highest BCUT2D eigenvalue weighted by Crippen LogP contribution is 2.36. The number of aryl methyl sites for hydroxylation is 1. The van der Waals surface area contributed by atoms with Gasteiger partial charge in [-0.3, -0.25) is 0 Å². The normalized spacial score (nSPS) is 11.4. The molecule has 0 bridgehead atoms. The lowest BCUT2D eigenvalue weighted by Crippen LogP contribution is -2.02. The van der Waals surface area contributed by atoms with Crippen LogP contribution in [0.1, 0.15) is 17.7 Å². The van der Waals surface area contributed by atoms with Crippen LogP contribution < -0.4 is 4.74 Å². The van der Waals surface area contributed by atoms with Gasteiger partial charge in [-0.25, -0.2) is 22.8 Å². The highest BCUT2D eigenvalue weighted by Gasteiger charge is 2.23. The van der Waals surface area contributed by atoms with Crippen LogP contribution in [0, 0.1) is 12.7 Å². The van der Waals surface area contributed by atoms with Gasteiger partial charge in [-0.05, 0) is 37.3 Å². The predicted molar refractivity (Wildman–Crippen MR) is 101 cm³/mol. The van der Waals surface area contributed by atoms with Gasteiger partial charge in [-0.2, -0.15) is 5.10 Å². The zero-order chi connectivity index (χ0) is 19.8. The standard InChI is InChI=1S/C21H16F3N3O/c1-12-19-14(20(23)24)11-16(13-7-3-6-10-18(13)28-2)25-21(19)27(26-12)17-9-5-4-8-15(17)22/h3-11,20H,1-2H3. The molecule has 2 aromatic carbocycles. The number of rotatable bonds is 4. The number of alkyl halides is 2. The molecule has 28 heavy (non-hydrogen) atoms. The van der Waals surface area contributed by atoms with Crippen molar-refractivity contribution < 1.29 is 17.9 Å². The maximum absolute atomic E-state index is 14.4. The topological polar surface area (TPSA) is 39.9 Å². The summed E-state index contributed by atoms with van der Waals surface area (Å²) < 4.78 is 48.7. The Hall–Kier alpha value is -3.35. The number of aromatic nitrogens is 3. The van der Waals surface area contributed by atoms with Gasteiger partial charge in [0.2, 0.25) is 0 Å². The first kappa shape index (κ1) is 18.0. The van der Waals surface area contributed by atoms with Crippen molar-refractivity contribution in [1.29, 1.82) is 0 Å². The number of para-hydroxylation sites is 2. The second-order valence-corrected chi connectivity index (χ2v) is 6.24. The summed E-state index contributed by atoms with van der Waals surface area (Å²) in [6.07, 6.45) is -2.74. The Balaban J connectivity index is 2.07. The molecule has 4 aromatic rings. The smallest absolute Gasteiger partial charge is 0.264 e. The summed E-state index contributed by atoms with van der Waals surface area (Å²) in [5.41, 5.74) is 1.33. The highest BCUT2D eigenvalue weighted by molar-refractivity contribution is 5.87. The zero-order valence-electron chi connectivity index (χ0n) is 15.2. The van der Waals surface area contributed by atoms with E-state index in [9.17, 15) is 13.2 Å². The lowest BCUT2D eigenvalue weighted by Gasteiger charge is -2.11. The van der Waals surface area contributed by atoms with E-state index in [2.05, 4.69) is 10.1 Å². The Labute approximate surface area is 159 Å². The van der Waals surface area contributed by atoms with Crippen LogP contribution >= 0.6 is 0 Å². The van der Waals surface area contributed by atoms with Crippen molar-refractivity contribution in [1.82, 2.24) is 14.8 Å². The SMILES string of the molecule is COc1ccccc1-c1cc(C(F)F)c2c(C)nn(-c3ccccc3F)c2n1. The molecular weight excluding hydrogens is 367 g/mol. The maximum atomic E-state index is 14.4. The minimum atomic E-state index is -2.74.